The molecule has 0 fully saturated rings. The Morgan fingerprint density at radius 1 is 1.47 bits per heavy atom. The van der Waals surface area contributed by atoms with Gasteiger partial charge < -0.3 is 11.1 Å². The molecule has 19 heavy (non-hydrogen) atoms. The molecule has 1 atom stereocenters. The molecule has 0 aliphatic carbocycles. The van der Waals surface area contributed by atoms with E-state index in [1.165, 1.54) is 18.2 Å². The quantitative estimate of drug-likeness (QED) is 0.842. The molecule has 0 heterocycles. The van der Waals surface area contributed by atoms with E-state index in [2.05, 4.69) is 19.2 Å². The molecule has 0 saturated heterocycles. The molecule has 3 N–H and O–H groups in total. The number of carbonyl (C=O) groups is 1. The highest BCUT2D eigenvalue weighted by atomic mass is 35.5. The predicted octanol–water partition coefficient (Wildman–Crippen LogP) is 3.43. The number of nitrogens with two attached hydrogens (primary N) is 1. The van der Waals surface area contributed by atoms with Crippen LogP contribution in [0.3, 0.4) is 0 Å². The molecule has 106 valence electrons. The van der Waals surface area contributed by atoms with Gasteiger partial charge in [-0.3, -0.25) is 4.79 Å². The minimum atomic E-state index is -0.533. The second kappa shape index (κ2) is 7.46. The van der Waals surface area contributed by atoms with Crippen molar-refractivity contribution in [1.29, 1.82) is 0 Å². The van der Waals surface area contributed by atoms with Crippen molar-refractivity contribution in [2.24, 2.45) is 17.6 Å². The van der Waals surface area contributed by atoms with Gasteiger partial charge in [0.2, 0.25) is 5.91 Å². The molecular formula is C14H20ClFN2O. The van der Waals surface area contributed by atoms with Crippen LogP contribution in [-0.4, -0.2) is 12.5 Å². The summed E-state index contributed by atoms with van der Waals surface area (Å²) in [7, 11) is 0. The van der Waals surface area contributed by atoms with Gasteiger partial charge in [-0.25, -0.2) is 4.39 Å². The third-order valence-electron chi connectivity index (χ3n) is 2.82. The Balaban J connectivity index is 2.59. The standard InChI is InChI=1S/C14H20ClFN2O/c1-9(2)5-10(8-17)6-14(19)18-13-4-3-11(15)7-12(13)16/h3-4,7,9-10H,5-6,8,17H2,1-2H3,(H,18,19)/t10-/m0/s1. The fraction of sp³-hybridized carbons (Fsp3) is 0.500. The Kier molecular flexibility index (Phi) is 6.25. The summed E-state index contributed by atoms with van der Waals surface area (Å²) in [5.41, 5.74) is 5.79. The van der Waals surface area contributed by atoms with Crippen molar-refractivity contribution in [2.45, 2.75) is 26.7 Å². The Bertz CT molecular complexity index is 437. The van der Waals surface area contributed by atoms with E-state index >= 15 is 0 Å². The molecular weight excluding hydrogens is 267 g/mol. The number of anilines is 1. The van der Waals surface area contributed by atoms with Gasteiger partial charge >= 0.3 is 0 Å². The highest BCUT2D eigenvalue weighted by molar-refractivity contribution is 6.30. The molecule has 0 aliphatic heterocycles. The second-order valence-electron chi connectivity index (χ2n) is 5.11. The minimum absolute atomic E-state index is 0.121. The van der Waals surface area contributed by atoms with Crippen molar-refractivity contribution >= 4 is 23.2 Å². The number of rotatable bonds is 6. The van der Waals surface area contributed by atoms with Crippen molar-refractivity contribution in [3.63, 3.8) is 0 Å². The Hall–Kier alpha value is -1.13. The van der Waals surface area contributed by atoms with Gasteiger partial charge in [0.05, 0.1) is 5.69 Å². The maximum atomic E-state index is 13.5. The molecule has 1 amide bonds. The number of amides is 1. The SMILES string of the molecule is CC(C)C[C@H](CN)CC(=O)Nc1ccc(Cl)cc1F. The smallest absolute Gasteiger partial charge is 0.224 e. The average Bonchev–Trinajstić information content (AvgIpc) is 2.31. The number of hydrogen-bond donors (Lipinski definition) is 2. The van der Waals surface area contributed by atoms with E-state index in [1.807, 2.05) is 0 Å². The molecule has 0 aromatic heterocycles. The van der Waals surface area contributed by atoms with E-state index in [4.69, 9.17) is 17.3 Å². The number of halogens is 2. The monoisotopic (exact) mass is 286 g/mol. The summed E-state index contributed by atoms with van der Waals surface area (Å²) in [5.74, 6) is -0.157. The maximum Gasteiger partial charge on any atom is 0.224 e. The zero-order valence-corrected chi connectivity index (χ0v) is 12.0. The summed E-state index contributed by atoms with van der Waals surface area (Å²) in [4.78, 5) is 11.8. The van der Waals surface area contributed by atoms with Crippen LogP contribution < -0.4 is 11.1 Å². The average molecular weight is 287 g/mol. The van der Waals surface area contributed by atoms with Crippen molar-refractivity contribution in [1.82, 2.24) is 0 Å². The summed E-state index contributed by atoms with van der Waals surface area (Å²) >= 11 is 5.65. The van der Waals surface area contributed by atoms with E-state index in [1.54, 1.807) is 0 Å². The fourth-order valence-electron chi connectivity index (χ4n) is 1.98. The molecule has 1 aromatic rings. The molecule has 5 heteroatoms. The lowest BCUT2D eigenvalue weighted by molar-refractivity contribution is -0.117. The van der Waals surface area contributed by atoms with Crippen LogP contribution in [0, 0.1) is 17.7 Å². The lowest BCUT2D eigenvalue weighted by atomic mass is 9.94. The van der Waals surface area contributed by atoms with Gasteiger partial charge in [0.25, 0.3) is 0 Å². The third-order valence-corrected chi connectivity index (χ3v) is 3.05. The molecule has 0 aliphatic rings. The Morgan fingerprint density at radius 2 is 2.16 bits per heavy atom. The van der Waals surface area contributed by atoms with Crippen LogP contribution in [0.15, 0.2) is 18.2 Å². The van der Waals surface area contributed by atoms with Crippen LogP contribution in [0.1, 0.15) is 26.7 Å². The van der Waals surface area contributed by atoms with Crippen LogP contribution in [0.5, 0.6) is 0 Å². The first-order valence-corrected chi connectivity index (χ1v) is 6.75. The van der Waals surface area contributed by atoms with E-state index in [0.29, 0.717) is 23.9 Å². The zero-order valence-electron chi connectivity index (χ0n) is 11.2. The topological polar surface area (TPSA) is 55.1 Å². The van der Waals surface area contributed by atoms with Gasteiger partial charge in [-0.1, -0.05) is 25.4 Å². The number of hydrogen-bond acceptors (Lipinski definition) is 2. The van der Waals surface area contributed by atoms with Crippen molar-refractivity contribution in [3.8, 4) is 0 Å². The highest BCUT2D eigenvalue weighted by Gasteiger charge is 2.15. The van der Waals surface area contributed by atoms with Gasteiger partial charge in [0.15, 0.2) is 0 Å². The van der Waals surface area contributed by atoms with Gasteiger partial charge in [-0.15, -0.1) is 0 Å². The summed E-state index contributed by atoms with van der Waals surface area (Å²) in [6.45, 7) is 4.62. The highest BCUT2D eigenvalue weighted by Crippen LogP contribution is 2.20. The molecule has 0 bridgehead atoms. The van der Waals surface area contributed by atoms with E-state index < -0.39 is 5.82 Å². The van der Waals surface area contributed by atoms with Crippen molar-refractivity contribution in [3.05, 3.63) is 29.0 Å². The first kappa shape index (κ1) is 15.9. The van der Waals surface area contributed by atoms with E-state index in [9.17, 15) is 9.18 Å². The molecule has 0 saturated carbocycles. The van der Waals surface area contributed by atoms with Crippen LogP contribution in [0.25, 0.3) is 0 Å². The van der Waals surface area contributed by atoms with Gasteiger partial charge in [-0.05, 0) is 43.0 Å². The first-order valence-electron chi connectivity index (χ1n) is 6.37. The van der Waals surface area contributed by atoms with E-state index in [-0.39, 0.29) is 17.5 Å². The normalized spacial score (nSPS) is 12.5. The number of benzene rings is 1. The predicted molar refractivity (Wildman–Crippen MR) is 76.7 cm³/mol. The lowest BCUT2D eigenvalue weighted by Crippen LogP contribution is -2.23. The number of nitrogens with one attached hydrogen (secondary N) is 1. The Labute approximate surface area is 118 Å². The molecule has 1 aromatic carbocycles. The summed E-state index contributed by atoms with van der Waals surface area (Å²) < 4.78 is 13.5. The molecule has 0 spiro atoms. The molecule has 3 nitrogen and oxygen atoms in total. The van der Waals surface area contributed by atoms with Gasteiger partial charge in [0, 0.05) is 11.4 Å². The van der Waals surface area contributed by atoms with Crippen molar-refractivity contribution < 1.29 is 9.18 Å². The summed E-state index contributed by atoms with van der Waals surface area (Å²) in [6, 6.07) is 4.16. The minimum Gasteiger partial charge on any atom is -0.330 e. The molecule has 0 radical (unpaired) electrons. The third kappa shape index (κ3) is 5.57. The fourth-order valence-corrected chi connectivity index (χ4v) is 2.14. The lowest BCUT2D eigenvalue weighted by Gasteiger charge is -2.16. The van der Waals surface area contributed by atoms with E-state index in [0.717, 1.165) is 6.42 Å². The van der Waals surface area contributed by atoms with Gasteiger partial charge in [0.1, 0.15) is 5.82 Å². The van der Waals surface area contributed by atoms with Crippen LogP contribution >= 0.6 is 11.6 Å². The summed E-state index contributed by atoms with van der Waals surface area (Å²) in [5, 5.41) is 2.85. The summed E-state index contributed by atoms with van der Waals surface area (Å²) in [6.07, 6.45) is 1.18. The maximum absolute atomic E-state index is 13.5. The Morgan fingerprint density at radius 3 is 2.68 bits per heavy atom. The van der Waals surface area contributed by atoms with Crippen molar-refractivity contribution in [2.75, 3.05) is 11.9 Å². The van der Waals surface area contributed by atoms with Crippen LogP contribution in [-0.2, 0) is 4.79 Å². The zero-order chi connectivity index (χ0) is 14.4. The van der Waals surface area contributed by atoms with Gasteiger partial charge in [-0.2, -0.15) is 0 Å². The largest absolute Gasteiger partial charge is 0.330 e. The first-order chi connectivity index (χ1) is 8.92. The molecule has 0 unspecified atom stereocenters. The number of carbonyl (C=O) groups excluding carboxylic acids is 1. The molecule has 1 rings (SSSR count). The van der Waals surface area contributed by atoms with Crippen LogP contribution in [0.4, 0.5) is 10.1 Å². The second-order valence-corrected chi connectivity index (χ2v) is 5.54. The van der Waals surface area contributed by atoms with Crippen LogP contribution in [0.2, 0.25) is 5.02 Å².